The van der Waals surface area contributed by atoms with Crippen LogP contribution in [0.3, 0.4) is 0 Å². The van der Waals surface area contributed by atoms with E-state index in [9.17, 15) is 9.90 Å². The van der Waals surface area contributed by atoms with Crippen LogP contribution >= 0.6 is 46.9 Å². The molecule has 2 aliphatic heterocycles. The number of aryl methyl sites for hydroxylation is 4. The van der Waals surface area contributed by atoms with Crippen molar-refractivity contribution < 1.29 is 14.6 Å². The fourth-order valence-corrected chi connectivity index (χ4v) is 10.0. The summed E-state index contributed by atoms with van der Waals surface area (Å²) in [6.07, 6.45) is 1.21. The molecule has 0 radical (unpaired) electrons. The smallest absolute Gasteiger partial charge is 0.352 e. The van der Waals surface area contributed by atoms with E-state index in [1.165, 1.54) is 5.69 Å². The van der Waals surface area contributed by atoms with Crippen LogP contribution in [-0.2, 0) is 50.1 Å². The number of nitrogens with zero attached hydrogens (tertiary/aromatic N) is 5. The molecule has 3 aromatic carbocycles. The Morgan fingerprint density at radius 3 is 2.71 bits per heavy atom. The molecular weight excluding hydrogens is 682 g/mol. The lowest BCUT2D eigenvalue weighted by Crippen LogP contribution is -2.12. The Morgan fingerprint density at radius 2 is 1.83 bits per heavy atom. The highest BCUT2D eigenvalue weighted by molar-refractivity contribution is 7.98. The van der Waals surface area contributed by atoms with Crippen molar-refractivity contribution in [1.82, 2.24) is 24.1 Å². The number of aromatic carboxylic acids is 1. The third kappa shape index (κ3) is 5.68. The van der Waals surface area contributed by atoms with Crippen molar-refractivity contribution in [3.05, 3.63) is 93.7 Å². The van der Waals surface area contributed by atoms with Gasteiger partial charge in [-0.05, 0) is 48.1 Å². The van der Waals surface area contributed by atoms with Gasteiger partial charge in [0.2, 0.25) is 0 Å². The second kappa shape index (κ2) is 13.1. The lowest BCUT2D eigenvalue weighted by Gasteiger charge is -2.16. The third-order valence-electron chi connectivity index (χ3n) is 9.21. The summed E-state index contributed by atoms with van der Waals surface area (Å²) in [6.45, 7) is 1.29. The maximum atomic E-state index is 12.8. The molecule has 0 unspecified atom stereocenters. The monoisotopic (exact) mass is 715 g/mol. The van der Waals surface area contributed by atoms with Gasteiger partial charge < -0.3 is 14.4 Å². The minimum Gasteiger partial charge on any atom is -0.493 e. The van der Waals surface area contributed by atoms with E-state index in [0.717, 1.165) is 95.6 Å². The first-order valence-corrected chi connectivity index (χ1v) is 19.6. The van der Waals surface area contributed by atoms with E-state index >= 15 is 0 Å². The van der Waals surface area contributed by atoms with Crippen LogP contribution in [0.1, 0.15) is 45.2 Å². The lowest BCUT2D eigenvalue weighted by molar-refractivity contribution is 0.0685. The Labute approximate surface area is 296 Å². The van der Waals surface area contributed by atoms with Crippen molar-refractivity contribution in [3.8, 4) is 16.9 Å². The van der Waals surface area contributed by atoms with Crippen molar-refractivity contribution in [2.45, 2.75) is 47.3 Å². The molecule has 2 aliphatic rings. The average molecular weight is 716 g/mol. The summed E-state index contributed by atoms with van der Waals surface area (Å²) in [5, 5.41) is 24.2. The summed E-state index contributed by atoms with van der Waals surface area (Å²) >= 11 is 12.5. The first kappa shape index (κ1) is 31.7. The first-order chi connectivity index (χ1) is 23.4. The zero-order valence-electron chi connectivity index (χ0n) is 26.7. The highest BCUT2D eigenvalue weighted by atomic mass is 35.5. The summed E-state index contributed by atoms with van der Waals surface area (Å²) in [6, 6.07) is 18.7. The summed E-state index contributed by atoms with van der Waals surface area (Å²) in [5.41, 5.74) is 8.16. The Hall–Kier alpha value is -3.51. The van der Waals surface area contributed by atoms with Crippen LogP contribution in [0.5, 0.6) is 5.75 Å². The predicted molar refractivity (Wildman–Crippen MR) is 198 cm³/mol. The van der Waals surface area contributed by atoms with Gasteiger partial charge in [0.1, 0.15) is 11.4 Å². The molecule has 48 heavy (non-hydrogen) atoms. The maximum Gasteiger partial charge on any atom is 0.352 e. The molecule has 8 rings (SSSR count). The van der Waals surface area contributed by atoms with Gasteiger partial charge in [0.05, 0.1) is 40.8 Å². The molecule has 0 atom stereocenters. The minimum absolute atomic E-state index is 0.289. The van der Waals surface area contributed by atoms with E-state index in [1.54, 1.807) is 23.5 Å². The molecule has 0 aliphatic carbocycles. The number of halogens is 1. The zero-order chi connectivity index (χ0) is 32.9. The third-order valence-corrected chi connectivity index (χ3v) is 12.5. The van der Waals surface area contributed by atoms with E-state index < -0.39 is 5.97 Å². The second-order valence-corrected chi connectivity index (χ2v) is 15.7. The number of ether oxygens (including phenoxy) is 1. The van der Waals surface area contributed by atoms with Crippen LogP contribution in [0.4, 0.5) is 0 Å². The molecule has 8 nitrogen and oxygen atoms in total. The van der Waals surface area contributed by atoms with Gasteiger partial charge in [-0.15, -0.1) is 23.5 Å². The van der Waals surface area contributed by atoms with Gasteiger partial charge in [-0.2, -0.15) is 22.0 Å². The Morgan fingerprint density at radius 1 is 0.958 bits per heavy atom. The highest BCUT2D eigenvalue weighted by Crippen LogP contribution is 2.44. The number of thioether (sulfide) groups is 3. The van der Waals surface area contributed by atoms with Gasteiger partial charge in [0.15, 0.2) is 0 Å². The number of carbonyl (C=O) groups is 1. The molecule has 6 aromatic rings. The van der Waals surface area contributed by atoms with E-state index in [0.29, 0.717) is 30.2 Å². The van der Waals surface area contributed by atoms with Crippen LogP contribution in [0.2, 0.25) is 5.02 Å². The van der Waals surface area contributed by atoms with Crippen molar-refractivity contribution in [2.24, 2.45) is 14.1 Å². The first-order valence-electron chi connectivity index (χ1n) is 15.9. The second-order valence-electron chi connectivity index (χ2n) is 12.2. The standard InChI is InChI=1S/C36H34ClN5O3S3/c1-40-34-27-9-10-28(37)32(34)33-29(39-42-11-13-46-20-30(33)42)19-47-17-22-15-23(41(2)38-22)18-48-24-14-21-6-3-4-7-25(21)31(16-24)45-12-5-8-26(27)35(40)36(43)44/h3-4,6-7,9-10,14-16H,5,8,11-13,17-20H2,1-2H3,(H,43,44). The van der Waals surface area contributed by atoms with Crippen molar-refractivity contribution in [3.63, 3.8) is 0 Å². The van der Waals surface area contributed by atoms with Gasteiger partial charge in [-0.3, -0.25) is 9.36 Å². The average Bonchev–Trinajstić information content (AvgIpc) is 3.72. The Bertz CT molecular complexity index is 2220. The van der Waals surface area contributed by atoms with Crippen molar-refractivity contribution in [2.75, 3.05) is 12.4 Å². The molecule has 12 heteroatoms. The lowest BCUT2D eigenvalue weighted by atomic mass is 9.98. The van der Waals surface area contributed by atoms with Gasteiger partial charge in [-0.25, -0.2) is 4.79 Å². The molecular formula is C36H34ClN5O3S3. The number of carboxylic acid groups (broad SMARTS) is 1. The number of hydrogen-bond acceptors (Lipinski definition) is 7. The van der Waals surface area contributed by atoms with Gasteiger partial charge in [-0.1, -0.05) is 41.9 Å². The van der Waals surface area contributed by atoms with Crippen LogP contribution in [0.25, 0.3) is 32.8 Å². The van der Waals surface area contributed by atoms with Crippen LogP contribution < -0.4 is 4.74 Å². The molecule has 0 spiro atoms. The van der Waals surface area contributed by atoms with Crippen molar-refractivity contribution >= 4 is 74.5 Å². The number of aromatic nitrogens is 5. The topological polar surface area (TPSA) is 87.1 Å². The van der Waals surface area contributed by atoms with E-state index in [-0.39, 0.29) is 5.69 Å². The van der Waals surface area contributed by atoms with E-state index in [4.69, 9.17) is 26.5 Å². The van der Waals surface area contributed by atoms with E-state index in [1.807, 2.05) is 59.4 Å². The van der Waals surface area contributed by atoms with Crippen molar-refractivity contribution in [1.29, 1.82) is 0 Å². The molecule has 8 bridgehead atoms. The molecule has 5 heterocycles. The maximum absolute atomic E-state index is 12.8. The van der Waals surface area contributed by atoms with Crippen LogP contribution in [0, 0.1) is 0 Å². The quantitative estimate of drug-likeness (QED) is 0.181. The normalized spacial score (nSPS) is 15.6. The molecule has 0 amide bonds. The summed E-state index contributed by atoms with van der Waals surface area (Å²) in [4.78, 5) is 14.0. The molecule has 0 fully saturated rings. The number of rotatable bonds is 1. The Balaban J connectivity index is 1.27. The molecule has 3 aromatic heterocycles. The highest BCUT2D eigenvalue weighted by Gasteiger charge is 2.29. The SMILES string of the molecule is Cn1nc2cc1CSc1cc(c3ccccc3c1)OCCCc1c(C(=O)O)n(C)c3c(c(Cl)ccc13)-c1c(nn3c1CSCC3)CSC2. The van der Waals surface area contributed by atoms with Gasteiger partial charge in [0.25, 0.3) is 0 Å². The largest absolute Gasteiger partial charge is 0.493 e. The Kier molecular flexibility index (Phi) is 8.65. The number of hydrogen-bond donors (Lipinski definition) is 1. The molecule has 0 saturated heterocycles. The van der Waals surface area contributed by atoms with E-state index in [2.05, 4.69) is 35.0 Å². The zero-order valence-corrected chi connectivity index (χ0v) is 29.9. The molecule has 1 N–H and O–H groups in total. The van der Waals surface area contributed by atoms with Crippen LogP contribution in [0.15, 0.2) is 59.5 Å². The summed E-state index contributed by atoms with van der Waals surface area (Å²) in [7, 11) is 3.86. The minimum atomic E-state index is -0.949. The number of carboxylic acids is 1. The number of benzene rings is 3. The summed E-state index contributed by atoms with van der Waals surface area (Å²) in [5.74, 6) is 3.95. The molecule has 0 saturated carbocycles. The summed E-state index contributed by atoms with van der Waals surface area (Å²) < 4.78 is 12.4. The van der Waals surface area contributed by atoms with Gasteiger partial charge >= 0.3 is 5.97 Å². The fourth-order valence-electron chi connectivity index (χ4n) is 7.03. The van der Waals surface area contributed by atoms with Crippen LogP contribution in [-0.4, -0.2) is 47.6 Å². The number of fused-ring (bicyclic) bond motifs is 10. The van der Waals surface area contributed by atoms with Gasteiger partial charge in [0, 0.05) is 75.3 Å². The molecule has 246 valence electrons. The fraction of sp³-hybridized carbons (Fsp3) is 0.306. The predicted octanol–water partition coefficient (Wildman–Crippen LogP) is 8.58.